The molecular weight excluding hydrogens is 540 g/mol. The molecule has 5 rings (SSSR count). The van der Waals surface area contributed by atoms with Crippen LogP contribution in [0.4, 0.5) is 8.78 Å². The first-order valence-electron chi connectivity index (χ1n) is 14.2. The minimum Gasteiger partial charge on any atom is -0.489 e. The number of benzene rings is 4. The first-order valence-corrected chi connectivity index (χ1v) is 14.6. The molecule has 3 nitrogen and oxygen atoms in total. The molecule has 6 heteroatoms. The molecule has 0 atom stereocenters. The fraction of sp³-hybridized carbons (Fsp3) is 0.286. The predicted molar refractivity (Wildman–Crippen MR) is 161 cm³/mol. The Morgan fingerprint density at radius 2 is 1.54 bits per heavy atom. The van der Waals surface area contributed by atoms with Crippen LogP contribution in [0.15, 0.2) is 78.9 Å². The molecule has 0 aliphatic heterocycles. The zero-order valence-electron chi connectivity index (χ0n) is 23.4. The average Bonchev–Trinajstić information content (AvgIpc) is 2.96. The van der Waals surface area contributed by atoms with Crippen LogP contribution in [0.3, 0.4) is 0 Å². The van der Waals surface area contributed by atoms with Gasteiger partial charge in [0.05, 0.1) is 0 Å². The van der Waals surface area contributed by atoms with E-state index in [9.17, 15) is 9.18 Å². The molecule has 212 valence electrons. The fourth-order valence-corrected chi connectivity index (χ4v) is 5.81. The Hall–Kier alpha value is -3.70. The van der Waals surface area contributed by atoms with Crippen molar-refractivity contribution in [1.82, 2.24) is 5.32 Å². The smallest absolute Gasteiger partial charge is 0.251 e. The van der Waals surface area contributed by atoms with Gasteiger partial charge >= 0.3 is 0 Å². The van der Waals surface area contributed by atoms with Gasteiger partial charge < -0.3 is 10.1 Å². The Bertz CT molecular complexity index is 1550. The molecule has 1 saturated carbocycles. The van der Waals surface area contributed by atoms with Gasteiger partial charge in [0, 0.05) is 33.8 Å². The summed E-state index contributed by atoms with van der Waals surface area (Å²) in [6.07, 6.45) is 5.93. The highest BCUT2D eigenvalue weighted by Gasteiger charge is 2.21. The second kappa shape index (κ2) is 12.9. The number of hydrogen-bond acceptors (Lipinski definition) is 2. The van der Waals surface area contributed by atoms with Gasteiger partial charge in [0.15, 0.2) is 0 Å². The third-order valence-corrected chi connectivity index (χ3v) is 7.87. The Morgan fingerprint density at radius 1 is 0.854 bits per heavy atom. The fourth-order valence-electron chi connectivity index (χ4n) is 5.65. The molecule has 0 saturated heterocycles. The van der Waals surface area contributed by atoms with E-state index in [1.807, 2.05) is 32.0 Å². The van der Waals surface area contributed by atoms with Crippen LogP contribution in [0.5, 0.6) is 5.75 Å². The maximum Gasteiger partial charge on any atom is 0.251 e. The van der Waals surface area contributed by atoms with Crippen LogP contribution < -0.4 is 10.1 Å². The molecule has 1 amide bonds. The van der Waals surface area contributed by atoms with Crippen molar-refractivity contribution in [3.8, 4) is 28.0 Å². The molecule has 4 aromatic rings. The quantitative estimate of drug-likeness (QED) is 0.228. The number of nitrogens with one attached hydrogen (secondary N) is 1. The third kappa shape index (κ3) is 6.79. The van der Waals surface area contributed by atoms with Gasteiger partial charge in [0.25, 0.3) is 5.91 Å². The summed E-state index contributed by atoms with van der Waals surface area (Å²) in [7, 11) is 0. The minimum absolute atomic E-state index is 0.0116. The minimum atomic E-state index is -0.481. The Morgan fingerprint density at radius 3 is 2.27 bits per heavy atom. The van der Waals surface area contributed by atoms with Crippen molar-refractivity contribution < 1.29 is 18.3 Å². The van der Waals surface area contributed by atoms with Crippen molar-refractivity contribution >= 4 is 17.5 Å². The van der Waals surface area contributed by atoms with Crippen molar-refractivity contribution in [1.29, 1.82) is 0 Å². The zero-order valence-corrected chi connectivity index (χ0v) is 24.1. The molecule has 1 aliphatic carbocycles. The van der Waals surface area contributed by atoms with E-state index in [0.29, 0.717) is 39.5 Å². The molecule has 1 aliphatic rings. The molecular formula is C35H34ClF2NO2. The average molecular weight is 574 g/mol. The van der Waals surface area contributed by atoms with Gasteiger partial charge in [-0.3, -0.25) is 4.79 Å². The SMILES string of the molecule is CC(C)NC(=O)c1ccc(-c2ccc(Cl)cc2F)c(COc2ccc(-c3ccccc3C3CCCCC3)c(F)c2)c1. The molecule has 1 N–H and O–H groups in total. The highest BCUT2D eigenvalue weighted by molar-refractivity contribution is 6.30. The largest absolute Gasteiger partial charge is 0.489 e. The maximum absolute atomic E-state index is 15.5. The lowest BCUT2D eigenvalue weighted by molar-refractivity contribution is 0.0943. The lowest BCUT2D eigenvalue weighted by Gasteiger charge is -2.24. The number of halogens is 3. The summed E-state index contributed by atoms with van der Waals surface area (Å²) in [6, 6.07) is 22.5. The Balaban J connectivity index is 1.43. The molecule has 4 aromatic carbocycles. The topological polar surface area (TPSA) is 38.3 Å². The van der Waals surface area contributed by atoms with E-state index < -0.39 is 5.82 Å². The summed E-state index contributed by atoms with van der Waals surface area (Å²) in [6.45, 7) is 3.77. The molecule has 0 bridgehead atoms. The number of hydrogen-bond donors (Lipinski definition) is 1. The van der Waals surface area contributed by atoms with Crippen LogP contribution >= 0.6 is 11.6 Å². The predicted octanol–water partition coefficient (Wildman–Crippen LogP) is 9.72. The summed E-state index contributed by atoms with van der Waals surface area (Å²) in [5, 5.41) is 3.16. The van der Waals surface area contributed by atoms with Gasteiger partial charge in [-0.15, -0.1) is 0 Å². The lowest BCUT2D eigenvalue weighted by atomic mass is 9.81. The standard InChI is InChI=1S/C35H34ClF2NO2/c1-22(2)39-35(40)24-12-15-29(31-16-13-26(36)19-33(31)37)25(18-24)21-41-27-14-17-32(34(38)20-27)30-11-7-6-10-28(30)23-8-4-3-5-9-23/h6-7,10-20,22-23H,3-5,8-9,21H2,1-2H3,(H,39,40). The van der Waals surface area contributed by atoms with Crippen LogP contribution in [-0.2, 0) is 6.61 Å². The summed E-state index contributed by atoms with van der Waals surface area (Å²) in [4.78, 5) is 12.7. The van der Waals surface area contributed by atoms with E-state index in [1.54, 1.807) is 42.5 Å². The van der Waals surface area contributed by atoms with Gasteiger partial charge in [0.1, 0.15) is 24.0 Å². The van der Waals surface area contributed by atoms with Gasteiger partial charge in [-0.05, 0) is 97.3 Å². The summed E-state index contributed by atoms with van der Waals surface area (Å²) < 4.78 is 36.5. The second-order valence-electron chi connectivity index (χ2n) is 11.0. The first-order chi connectivity index (χ1) is 19.8. The van der Waals surface area contributed by atoms with E-state index in [1.165, 1.54) is 37.0 Å². The molecule has 0 spiro atoms. The summed E-state index contributed by atoms with van der Waals surface area (Å²) >= 11 is 5.97. The summed E-state index contributed by atoms with van der Waals surface area (Å²) in [5.74, 6) is -0.288. The second-order valence-corrected chi connectivity index (χ2v) is 11.4. The summed E-state index contributed by atoms with van der Waals surface area (Å²) in [5.41, 5.74) is 4.60. The highest BCUT2D eigenvalue weighted by Crippen LogP contribution is 2.39. The first kappa shape index (κ1) is 28.8. The number of rotatable bonds is 8. The molecule has 0 radical (unpaired) electrons. The Kier molecular flexibility index (Phi) is 9.04. The van der Waals surface area contributed by atoms with E-state index in [2.05, 4.69) is 11.4 Å². The van der Waals surface area contributed by atoms with Crippen LogP contribution in [0.25, 0.3) is 22.3 Å². The van der Waals surface area contributed by atoms with Gasteiger partial charge in [-0.1, -0.05) is 61.2 Å². The van der Waals surface area contributed by atoms with Crippen molar-refractivity contribution in [3.63, 3.8) is 0 Å². The monoisotopic (exact) mass is 573 g/mol. The number of carbonyl (C=O) groups is 1. The van der Waals surface area contributed by atoms with Crippen LogP contribution in [0, 0.1) is 11.6 Å². The van der Waals surface area contributed by atoms with E-state index >= 15 is 4.39 Å². The molecule has 0 aromatic heterocycles. The number of amides is 1. The zero-order chi connectivity index (χ0) is 28.9. The van der Waals surface area contributed by atoms with Gasteiger partial charge in [0.2, 0.25) is 0 Å². The third-order valence-electron chi connectivity index (χ3n) is 7.64. The lowest BCUT2D eigenvalue weighted by Crippen LogP contribution is -2.30. The molecule has 1 fully saturated rings. The van der Waals surface area contributed by atoms with Gasteiger partial charge in [-0.2, -0.15) is 0 Å². The number of carbonyl (C=O) groups excluding carboxylic acids is 1. The molecule has 41 heavy (non-hydrogen) atoms. The van der Waals surface area contributed by atoms with Crippen molar-refractivity contribution in [2.75, 3.05) is 0 Å². The van der Waals surface area contributed by atoms with E-state index in [0.717, 1.165) is 18.4 Å². The normalized spacial score (nSPS) is 13.8. The van der Waals surface area contributed by atoms with Crippen LogP contribution in [-0.4, -0.2) is 11.9 Å². The Labute approximate surface area is 245 Å². The van der Waals surface area contributed by atoms with Gasteiger partial charge in [-0.25, -0.2) is 8.78 Å². The van der Waals surface area contributed by atoms with Crippen molar-refractivity contribution in [3.05, 3.63) is 112 Å². The van der Waals surface area contributed by atoms with Crippen LogP contribution in [0.2, 0.25) is 5.02 Å². The van der Waals surface area contributed by atoms with Crippen molar-refractivity contribution in [2.24, 2.45) is 0 Å². The highest BCUT2D eigenvalue weighted by atomic mass is 35.5. The molecule has 0 unspecified atom stereocenters. The van der Waals surface area contributed by atoms with E-state index in [4.69, 9.17) is 16.3 Å². The number of ether oxygens (including phenoxy) is 1. The van der Waals surface area contributed by atoms with E-state index in [-0.39, 0.29) is 29.4 Å². The van der Waals surface area contributed by atoms with Crippen molar-refractivity contribution in [2.45, 2.75) is 64.5 Å². The maximum atomic E-state index is 15.5. The van der Waals surface area contributed by atoms with Crippen LogP contribution in [0.1, 0.15) is 73.4 Å². The molecule has 0 heterocycles.